The fraction of sp³-hybridized carbons (Fsp3) is 0.500. The fourth-order valence-electron chi connectivity index (χ4n) is 2.53. The highest BCUT2D eigenvalue weighted by atomic mass is 79.9. The van der Waals surface area contributed by atoms with Gasteiger partial charge in [-0.25, -0.2) is 4.98 Å². The zero-order valence-electron chi connectivity index (χ0n) is 10.5. The molecule has 1 aromatic carbocycles. The Balaban J connectivity index is 1.61. The molecule has 1 fully saturated rings. The second-order valence-electron chi connectivity index (χ2n) is 5.21. The maximum absolute atomic E-state index is 4.69. The van der Waals surface area contributed by atoms with Crippen LogP contribution in [0.2, 0.25) is 0 Å². The Morgan fingerprint density at radius 3 is 2.89 bits per heavy atom. The van der Waals surface area contributed by atoms with E-state index in [1.807, 2.05) is 11.3 Å². The number of hydrogen-bond acceptors (Lipinski definition) is 3. The van der Waals surface area contributed by atoms with Crippen molar-refractivity contribution in [1.29, 1.82) is 0 Å². The minimum atomic E-state index is 0.762. The maximum Gasteiger partial charge on any atom is 0.108 e. The third kappa shape index (κ3) is 2.76. The van der Waals surface area contributed by atoms with Gasteiger partial charge in [-0.1, -0.05) is 28.1 Å². The number of nitrogens with zero attached hydrogens (tertiary/aromatic N) is 2. The van der Waals surface area contributed by atoms with Crippen LogP contribution in [0.15, 0.2) is 24.3 Å². The lowest BCUT2D eigenvalue weighted by Crippen LogP contribution is -2.34. The summed E-state index contributed by atoms with van der Waals surface area (Å²) in [6.07, 6.45) is 2.65. The van der Waals surface area contributed by atoms with Crippen molar-refractivity contribution in [3.8, 4) is 0 Å². The van der Waals surface area contributed by atoms with Crippen LogP contribution in [0.5, 0.6) is 0 Å². The molecule has 1 aliphatic carbocycles. The Hall–Kier alpha value is -0.450. The Labute approximate surface area is 120 Å². The summed E-state index contributed by atoms with van der Waals surface area (Å²) in [6.45, 7) is 2.17. The van der Waals surface area contributed by atoms with Crippen LogP contribution in [-0.2, 0) is 6.54 Å². The fourth-order valence-corrected chi connectivity index (χ4v) is 4.63. The molecule has 0 N–H and O–H groups in total. The van der Waals surface area contributed by atoms with Crippen molar-refractivity contribution in [1.82, 2.24) is 9.88 Å². The Kier molecular flexibility index (Phi) is 3.68. The van der Waals surface area contributed by atoms with Crippen LogP contribution in [0.1, 0.15) is 17.8 Å². The number of fused-ring (bicyclic) bond motifs is 1. The number of aromatic nitrogens is 1. The summed E-state index contributed by atoms with van der Waals surface area (Å²) in [5, 5.41) is 1.23. The molecule has 0 amide bonds. The van der Waals surface area contributed by atoms with E-state index in [1.54, 1.807) is 0 Å². The molecule has 1 heterocycles. The first-order valence-electron chi connectivity index (χ1n) is 6.38. The summed E-state index contributed by atoms with van der Waals surface area (Å²) >= 11 is 5.47. The summed E-state index contributed by atoms with van der Waals surface area (Å²) in [7, 11) is 2.20. The van der Waals surface area contributed by atoms with Crippen LogP contribution in [0.3, 0.4) is 0 Å². The van der Waals surface area contributed by atoms with Gasteiger partial charge in [-0.2, -0.15) is 0 Å². The van der Waals surface area contributed by atoms with Crippen LogP contribution in [0, 0.1) is 5.92 Å². The van der Waals surface area contributed by atoms with Crippen molar-refractivity contribution in [3.63, 3.8) is 0 Å². The van der Waals surface area contributed by atoms with E-state index in [1.165, 1.54) is 29.1 Å². The number of thiazole rings is 1. The third-order valence-corrected chi connectivity index (χ3v) is 5.26. The first-order valence-corrected chi connectivity index (χ1v) is 8.11. The lowest BCUT2D eigenvalue weighted by atomic mass is 9.85. The molecule has 2 aromatic rings. The molecule has 0 aliphatic heterocycles. The molecule has 2 nitrogen and oxygen atoms in total. The molecule has 0 atom stereocenters. The van der Waals surface area contributed by atoms with Gasteiger partial charge in [0.25, 0.3) is 0 Å². The highest BCUT2D eigenvalue weighted by Crippen LogP contribution is 2.34. The molecule has 4 heteroatoms. The van der Waals surface area contributed by atoms with Gasteiger partial charge < -0.3 is 0 Å². The molecule has 1 aliphatic rings. The number of para-hydroxylation sites is 1. The number of alkyl halides is 1. The molecule has 96 valence electrons. The van der Waals surface area contributed by atoms with E-state index in [4.69, 9.17) is 0 Å². The van der Waals surface area contributed by atoms with Crippen molar-refractivity contribution in [2.24, 2.45) is 5.92 Å². The summed E-state index contributed by atoms with van der Waals surface area (Å²) in [6, 6.07) is 8.38. The van der Waals surface area contributed by atoms with E-state index in [0.717, 1.165) is 22.8 Å². The van der Waals surface area contributed by atoms with Crippen LogP contribution in [0.4, 0.5) is 0 Å². The highest BCUT2D eigenvalue weighted by Gasteiger charge is 2.27. The van der Waals surface area contributed by atoms with Crippen molar-refractivity contribution in [2.75, 3.05) is 13.6 Å². The monoisotopic (exact) mass is 324 g/mol. The standard InChI is InChI=1S/C14H17BrN2S/c1-17(8-10-6-11(15)7-10)9-14-16-12-4-2-3-5-13(12)18-14/h2-5,10-11H,6-9H2,1H3. The van der Waals surface area contributed by atoms with Gasteiger partial charge in [0.2, 0.25) is 0 Å². The Morgan fingerprint density at radius 1 is 1.39 bits per heavy atom. The number of halogens is 1. The molecule has 18 heavy (non-hydrogen) atoms. The van der Waals surface area contributed by atoms with E-state index >= 15 is 0 Å². The van der Waals surface area contributed by atoms with Crippen molar-refractivity contribution >= 4 is 37.5 Å². The Bertz CT molecular complexity index is 500. The average Bonchev–Trinajstić information content (AvgIpc) is 2.68. The predicted molar refractivity (Wildman–Crippen MR) is 81.4 cm³/mol. The van der Waals surface area contributed by atoms with E-state index < -0.39 is 0 Å². The van der Waals surface area contributed by atoms with Crippen molar-refractivity contribution in [2.45, 2.75) is 24.2 Å². The van der Waals surface area contributed by atoms with Crippen molar-refractivity contribution in [3.05, 3.63) is 29.3 Å². The van der Waals surface area contributed by atoms with Crippen LogP contribution in [-0.4, -0.2) is 28.3 Å². The van der Waals surface area contributed by atoms with Crippen LogP contribution >= 0.6 is 27.3 Å². The summed E-state index contributed by atoms with van der Waals surface area (Å²) in [4.78, 5) is 7.85. The minimum absolute atomic E-state index is 0.762. The van der Waals surface area contributed by atoms with Gasteiger partial charge in [0, 0.05) is 11.4 Å². The lowest BCUT2D eigenvalue weighted by Gasteiger charge is -2.34. The molecular weight excluding hydrogens is 308 g/mol. The van der Waals surface area contributed by atoms with Crippen LogP contribution in [0.25, 0.3) is 10.2 Å². The molecule has 0 radical (unpaired) electrons. The summed E-state index contributed by atoms with van der Waals surface area (Å²) < 4.78 is 1.30. The molecule has 0 spiro atoms. The van der Waals surface area contributed by atoms with Gasteiger partial charge >= 0.3 is 0 Å². The smallest absolute Gasteiger partial charge is 0.108 e. The molecule has 0 saturated heterocycles. The topological polar surface area (TPSA) is 16.1 Å². The minimum Gasteiger partial charge on any atom is -0.299 e. The first kappa shape index (κ1) is 12.6. The van der Waals surface area contributed by atoms with Gasteiger partial charge in [-0.15, -0.1) is 11.3 Å². The zero-order valence-corrected chi connectivity index (χ0v) is 12.9. The third-order valence-electron chi connectivity index (χ3n) is 3.49. The average molecular weight is 325 g/mol. The normalized spacial score (nSPS) is 23.5. The Morgan fingerprint density at radius 2 is 2.17 bits per heavy atom. The predicted octanol–water partition coefficient (Wildman–Crippen LogP) is 3.90. The lowest BCUT2D eigenvalue weighted by molar-refractivity contribution is 0.208. The maximum atomic E-state index is 4.69. The highest BCUT2D eigenvalue weighted by molar-refractivity contribution is 9.09. The molecule has 1 saturated carbocycles. The van der Waals surface area contributed by atoms with Gasteiger partial charge in [0.1, 0.15) is 5.01 Å². The van der Waals surface area contributed by atoms with E-state index in [-0.39, 0.29) is 0 Å². The van der Waals surface area contributed by atoms with Crippen LogP contribution < -0.4 is 0 Å². The molecule has 0 unspecified atom stereocenters. The molecule has 0 bridgehead atoms. The van der Waals surface area contributed by atoms with Gasteiger partial charge in [0.05, 0.1) is 16.8 Å². The van der Waals surface area contributed by atoms with Gasteiger partial charge in [-0.3, -0.25) is 4.90 Å². The largest absolute Gasteiger partial charge is 0.299 e. The zero-order chi connectivity index (χ0) is 12.5. The molecule has 3 rings (SSSR count). The number of benzene rings is 1. The van der Waals surface area contributed by atoms with E-state index in [0.29, 0.717) is 0 Å². The second kappa shape index (κ2) is 5.27. The molecular formula is C14H17BrN2S. The summed E-state index contributed by atoms with van der Waals surface area (Å²) in [5.41, 5.74) is 1.13. The first-order chi connectivity index (χ1) is 8.70. The molecule has 1 aromatic heterocycles. The van der Waals surface area contributed by atoms with Crippen molar-refractivity contribution < 1.29 is 0 Å². The van der Waals surface area contributed by atoms with Gasteiger partial charge in [-0.05, 0) is 37.9 Å². The van der Waals surface area contributed by atoms with E-state index in [9.17, 15) is 0 Å². The van der Waals surface area contributed by atoms with E-state index in [2.05, 4.69) is 57.1 Å². The quantitative estimate of drug-likeness (QED) is 0.793. The number of hydrogen-bond donors (Lipinski definition) is 0. The van der Waals surface area contributed by atoms with Gasteiger partial charge in [0.15, 0.2) is 0 Å². The second-order valence-corrected chi connectivity index (χ2v) is 7.62. The number of rotatable bonds is 4. The summed E-state index contributed by atoms with van der Waals surface area (Å²) in [5.74, 6) is 0.869. The SMILES string of the molecule is CN(Cc1nc2ccccc2s1)CC1CC(Br)C1.